The van der Waals surface area contributed by atoms with E-state index in [1.807, 2.05) is 0 Å². The van der Waals surface area contributed by atoms with Crippen LogP contribution < -0.4 is 5.32 Å². The Morgan fingerprint density at radius 3 is 1.43 bits per heavy atom. The van der Waals surface area contributed by atoms with Gasteiger partial charge in [0.1, 0.15) is 36.6 Å². The number of amides is 1. The van der Waals surface area contributed by atoms with Gasteiger partial charge in [0.2, 0.25) is 5.91 Å². The molecule has 0 saturated carbocycles. The van der Waals surface area contributed by atoms with Crippen LogP contribution in [0.3, 0.4) is 0 Å². The Morgan fingerprint density at radius 2 is 1.00 bits per heavy atom. The van der Waals surface area contributed by atoms with E-state index in [2.05, 4.69) is 26.1 Å². The van der Waals surface area contributed by atoms with Crippen molar-refractivity contribution in [2.75, 3.05) is 13.2 Å². The number of hydrogen-bond acceptors (Lipinski definition) is 10. The van der Waals surface area contributed by atoms with E-state index < -0.39 is 74.2 Å². The largest absolute Gasteiger partial charge is 0.394 e. The number of aliphatic hydroxyl groups excluding tert-OH is 7. The molecule has 1 rings (SSSR count). The van der Waals surface area contributed by atoms with Crippen LogP contribution in [0.5, 0.6) is 0 Å². The normalized spacial score (nSPS) is 22.4. The third-order valence-electron chi connectivity index (χ3n) is 12.5. The lowest BCUT2D eigenvalue weighted by Gasteiger charge is -2.40. The number of unbranched alkanes of at least 4 members (excludes halogenated alkanes) is 25. The molecule has 0 radical (unpaired) electrons. The average molecular weight is 832 g/mol. The van der Waals surface area contributed by atoms with Gasteiger partial charge in [0.25, 0.3) is 0 Å². The van der Waals surface area contributed by atoms with Crippen LogP contribution in [-0.2, 0) is 14.3 Å². The highest BCUT2D eigenvalue weighted by Crippen LogP contribution is 2.23. The average Bonchev–Trinajstić information content (AvgIpc) is 3.22. The first-order valence-corrected chi connectivity index (χ1v) is 24.3. The Morgan fingerprint density at radius 1 is 0.586 bits per heavy atom. The summed E-state index contributed by atoms with van der Waals surface area (Å²) in [6, 6.07) is -1.16. The number of carbonyl (C=O) groups excluding carboxylic acids is 1. The fourth-order valence-corrected chi connectivity index (χ4v) is 8.01. The lowest BCUT2D eigenvalue weighted by molar-refractivity contribution is -0.303. The van der Waals surface area contributed by atoms with Gasteiger partial charge in [-0.2, -0.15) is 0 Å². The maximum absolute atomic E-state index is 13.1. The number of hydrogen-bond donors (Lipinski definition) is 8. The fraction of sp³-hybridized carbons (Fsp3) is 0.979. The summed E-state index contributed by atoms with van der Waals surface area (Å²) in [6.45, 7) is 5.78. The van der Waals surface area contributed by atoms with Gasteiger partial charge in [0, 0.05) is 0 Å². The lowest BCUT2D eigenvalue weighted by Crippen LogP contribution is -2.60. The first kappa shape index (κ1) is 55.1. The van der Waals surface area contributed by atoms with Gasteiger partial charge in [-0.1, -0.05) is 207 Å². The number of ether oxygens (including phenoxy) is 2. The Hall–Kier alpha value is -0.890. The van der Waals surface area contributed by atoms with Crippen LogP contribution in [-0.4, -0.2) is 110 Å². The van der Waals surface area contributed by atoms with Gasteiger partial charge >= 0.3 is 0 Å². The van der Waals surface area contributed by atoms with E-state index in [1.165, 1.54) is 135 Å². The minimum Gasteiger partial charge on any atom is -0.394 e. The van der Waals surface area contributed by atoms with Crippen molar-refractivity contribution in [1.29, 1.82) is 0 Å². The summed E-state index contributed by atoms with van der Waals surface area (Å²) in [6.07, 6.45) is 24.3. The molecular formula is C47H93NO10. The van der Waals surface area contributed by atoms with Crippen molar-refractivity contribution in [3.63, 3.8) is 0 Å². The highest BCUT2D eigenvalue weighted by Gasteiger charge is 2.44. The molecular weight excluding hydrogens is 739 g/mol. The standard InChI is InChI=1S/C47H93NO10/c1-4-6-7-8-9-10-11-12-13-14-15-16-17-18-21-25-28-31-34-40(51)46(56)48-38(36-57-47-45(55)44(54)43(53)41(35-49)58-47)42(52)39(50)33-30-27-24-22-19-20-23-26-29-32-37(3)5-2/h37-45,47,49-55H,4-36H2,1-3H3,(H,48,56)/t37?,38-,39+,40+,41+,42-,43-,44-,45+,47+/m0/s1. The predicted octanol–water partition coefficient (Wildman–Crippen LogP) is 8.14. The smallest absolute Gasteiger partial charge is 0.249 e. The summed E-state index contributed by atoms with van der Waals surface area (Å²) < 4.78 is 11.1. The fourth-order valence-electron chi connectivity index (χ4n) is 8.01. The first-order chi connectivity index (χ1) is 28.1. The molecule has 58 heavy (non-hydrogen) atoms. The molecule has 1 saturated heterocycles. The van der Waals surface area contributed by atoms with Crippen LogP contribution in [0.15, 0.2) is 0 Å². The molecule has 1 aliphatic rings. The maximum atomic E-state index is 13.1. The summed E-state index contributed by atoms with van der Waals surface area (Å²) in [5.41, 5.74) is 0. The quantitative estimate of drug-likeness (QED) is 0.0280. The second-order valence-electron chi connectivity index (χ2n) is 17.8. The summed E-state index contributed by atoms with van der Waals surface area (Å²) >= 11 is 0. The van der Waals surface area contributed by atoms with Gasteiger partial charge < -0.3 is 50.5 Å². The maximum Gasteiger partial charge on any atom is 0.249 e. The van der Waals surface area contributed by atoms with Crippen molar-refractivity contribution < 1.29 is 50.0 Å². The van der Waals surface area contributed by atoms with Gasteiger partial charge in [-0.25, -0.2) is 0 Å². The summed E-state index contributed by atoms with van der Waals surface area (Å²) in [7, 11) is 0. The van der Waals surface area contributed by atoms with Crippen LogP contribution in [0, 0.1) is 5.92 Å². The highest BCUT2D eigenvalue weighted by atomic mass is 16.7. The molecule has 0 aliphatic carbocycles. The molecule has 0 aromatic rings. The molecule has 0 spiro atoms. The van der Waals surface area contributed by atoms with Gasteiger partial charge in [0.15, 0.2) is 6.29 Å². The molecule has 1 heterocycles. The van der Waals surface area contributed by atoms with Crippen molar-refractivity contribution in [2.24, 2.45) is 5.92 Å². The lowest BCUT2D eigenvalue weighted by atomic mass is 9.98. The number of aliphatic hydroxyl groups is 7. The summed E-state index contributed by atoms with van der Waals surface area (Å²) in [4.78, 5) is 13.1. The molecule has 0 bridgehead atoms. The van der Waals surface area contributed by atoms with E-state index in [4.69, 9.17) is 9.47 Å². The SMILES string of the molecule is CCCCCCCCCCCCCCCCCCCC[C@@H](O)C(=O)N[C@@H](CO[C@@H]1O[C@H](CO)[C@H](O)[C@H](O)[C@H]1O)[C@H](O)[C@H](O)CCCCCCCCCCCC(C)CC. The van der Waals surface area contributed by atoms with Gasteiger partial charge in [-0.05, 0) is 18.8 Å². The molecule has 1 fully saturated rings. The molecule has 11 nitrogen and oxygen atoms in total. The van der Waals surface area contributed by atoms with E-state index in [-0.39, 0.29) is 6.42 Å². The van der Waals surface area contributed by atoms with Gasteiger partial charge in [-0.15, -0.1) is 0 Å². The van der Waals surface area contributed by atoms with Gasteiger partial charge in [-0.3, -0.25) is 4.79 Å². The first-order valence-electron chi connectivity index (χ1n) is 24.3. The molecule has 346 valence electrons. The second-order valence-corrected chi connectivity index (χ2v) is 17.8. The zero-order valence-electron chi connectivity index (χ0n) is 37.5. The highest BCUT2D eigenvalue weighted by molar-refractivity contribution is 5.80. The number of rotatable bonds is 40. The van der Waals surface area contributed by atoms with Crippen molar-refractivity contribution in [1.82, 2.24) is 5.32 Å². The minimum atomic E-state index is -1.66. The van der Waals surface area contributed by atoms with E-state index in [1.54, 1.807) is 0 Å². The monoisotopic (exact) mass is 832 g/mol. The van der Waals surface area contributed by atoms with Crippen LogP contribution in [0.2, 0.25) is 0 Å². The van der Waals surface area contributed by atoms with E-state index in [0.717, 1.165) is 44.4 Å². The van der Waals surface area contributed by atoms with Gasteiger partial charge in [0.05, 0.1) is 25.4 Å². The number of carbonyl (C=O) groups is 1. The van der Waals surface area contributed by atoms with Crippen LogP contribution in [0.1, 0.15) is 220 Å². The zero-order chi connectivity index (χ0) is 42.8. The third kappa shape index (κ3) is 26.4. The third-order valence-corrected chi connectivity index (χ3v) is 12.5. The van der Waals surface area contributed by atoms with Crippen LogP contribution in [0.25, 0.3) is 0 Å². The Labute approximate surface area is 354 Å². The molecule has 11 heteroatoms. The van der Waals surface area contributed by atoms with Crippen LogP contribution >= 0.6 is 0 Å². The van der Waals surface area contributed by atoms with Crippen molar-refractivity contribution in [3.8, 4) is 0 Å². The number of nitrogens with one attached hydrogen (secondary N) is 1. The molecule has 1 unspecified atom stereocenters. The Bertz CT molecular complexity index is 928. The second kappa shape index (κ2) is 36.7. The zero-order valence-corrected chi connectivity index (χ0v) is 37.5. The molecule has 1 aliphatic heterocycles. The Kier molecular flexibility index (Phi) is 34.9. The summed E-state index contributed by atoms with van der Waals surface area (Å²) in [5.74, 6) is 0.121. The van der Waals surface area contributed by atoms with Crippen LogP contribution in [0.4, 0.5) is 0 Å². The van der Waals surface area contributed by atoms with E-state index >= 15 is 0 Å². The molecule has 0 aromatic heterocycles. The van der Waals surface area contributed by atoms with Crippen molar-refractivity contribution >= 4 is 5.91 Å². The topological polar surface area (TPSA) is 189 Å². The molecule has 0 aromatic carbocycles. The molecule has 8 N–H and O–H groups in total. The Balaban J connectivity index is 2.41. The molecule has 1 amide bonds. The van der Waals surface area contributed by atoms with E-state index in [0.29, 0.717) is 19.3 Å². The van der Waals surface area contributed by atoms with Crippen molar-refractivity contribution in [3.05, 3.63) is 0 Å². The molecule has 10 atom stereocenters. The predicted molar refractivity (Wildman–Crippen MR) is 233 cm³/mol. The summed E-state index contributed by atoms with van der Waals surface area (Å²) in [5, 5.41) is 75.7. The van der Waals surface area contributed by atoms with E-state index in [9.17, 15) is 40.5 Å². The van der Waals surface area contributed by atoms with Crippen molar-refractivity contribution in [2.45, 2.75) is 275 Å². The minimum absolute atomic E-state index is 0.265.